The van der Waals surface area contributed by atoms with Gasteiger partial charge in [-0.3, -0.25) is 0 Å². The van der Waals surface area contributed by atoms with Gasteiger partial charge in [0.15, 0.2) is 0 Å². The van der Waals surface area contributed by atoms with Crippen LogP contribution in [-0.4, -0.2) is 50.7 Å². The van der Waals surface area contributed by atoms with Gasteiger partial charge in [-0.15, -0.1) is 0 Å². The summed E-state index contributed by atoms with van der Waals surface area (Å²) in [6, 6.07) is -0.917. The molecular formula is C8H15N5O7. The van der Waals surface area contributed by atoms with E-state index in [0.717, 1.165) is 0 Å². The zero-order valence-corrected chi connectivity index (χ0v) is 10.4. The van der Waals surface area contributed by atoms with Crippen LogP contribution in [0.4, 0.5) is 14.4 Å². The lowest BCUT2D eigenvalue weighted by atomic mass is 10.3. The number of nitrogens with one attached hydrogen (secondary N) is 2. The number of carbonyl (C=O) groups excluding carboxylic acids is 3. The predicted molar refractivity (Wildman–Crippen MR) is 60.4 cm³/mol. The third-order valence-corrected chi connectivity index (χ3v) is 1.68. The number of carbonyl (C=O) groups is 3. The molecule has 0 aliphatic heterocycles. The van der Waals surface area contributed by atoms with Crippen LogP contribution in [0.15, 0.2) is 5.11 Å². The van der Waals surface area contributed by atoms with Gasteiger partial charge in [-0.1, -0.05) is 5.11 Å². The molecule has 0 rings (SSSR count). The summed E-state index contributed by atoms with van der Waals surface area (Å²) in [7, 11) is 0. The molecular weight excluding hydrogens is 278 g/mol. The molecule has 114 valence electrons. The summed E-state index contributed by atoms with van der Waals surface area (Å²) in [5.41, 5.74) is 11.1. The maximum absolute atomic E-state index is 11.3. The molecule has 3 amide bonds. The molecule has 0 aromatic rings. The van der Waals surface area contributed by atoms with Crippen LogP contribution in [0.2, 0.25) is 0 Å². The summed E-state index contributed by atoms with van der Waals surface area (Å²) in [5, 5.41) is 4.72. The van der Waals surface area contributed by atoms with Crippen molar-refractivity contribution < 1.29 is 33.4 Å². The third kappa shape index (κ3) is 9.55. The summed E-state index contributed by atoms with van der Waals surface area (Å²) < 4.78 is 13.5. The molecule has 0 saturated carbocycles. The Balaban J connectivity index is 4.20. The Morgan fingerprint density at radius 1 is 1.15 bits per heavy atom. The molecule has 0 aliphatic rings. The number of primary amides is 1. The molecule has 0 aromatic heterocycles. The number of amides is 3. The van der Waals surface area contributed by atoms with Crippen molar-refractivity contribution in [3.05, 3.63) is 0 Å². The number of hydrogen-bond acceptors (Lipinski definition) is 9. The summed E-state index contributed by atoms with van der Waals surface area (Å²) >= 11 is 0. The largest absolute Gasteiger partial charge is 0.451 e. The zero-order valence-electron chi connectivity index (χ0n) is 10.4. The smallest absolute Gasteiger partial charge is 0.447 e. The molecule has 12 nitrogen and oxygen atoms in total. The molecule has 0 spiro atoms. The van der Waals surface area contributed by atoms with E-state index in [1.54, 1.807) is 0 Å². The molecule has 0 bridgehead atoms. The van der Waals surface area contributed by atoms with E-state index in [4.69, 9.17) is 17.2 Å². The Kier molecular flexibility index (Phi) is 9.16. The van der Waals surface area contributed by atoms with Crippen LogP contribution in [-0.2, 0) is 19.0 Å². The molecule has 0 aliphatic carbocycles. The van der Waals surface area contributed by atoms with Crippen molar-refractivity contribution in [2.75, 3.05) is 26.4 Å². The molecule has 0 saturated heterocycles. The van der Waals surface area contributed by atoms with Gasteiger partial charge < -0.3 is 30.1 Å². The fraction of sp³-hybridized carbons (Fsp3) is 0.625. The lowest BCUT2D eigenvalue weighted by Gasteiger charge is -2.17. The van der Waals surface area contributed by atoms with Crippen LogP contribution in [0.3, 0.4) is 0 Å². The van der Waals surface area contributed by atoms with E-state index in [0.29, 0.717) is 0 Å². The number of ether oxygens (including phenoxy) is 3. The van der Waals surface area contributed by atoms with E-state index in [9.17, 15) is 14.4 Å². The van der Waals surface area contributed by atoms with Crippen molar-refractivity contribution in [1.82, 2.24) is 5.32 Å². The number of nitrogens with zero attached hydrogens (tertiary/aromatic N) is 1. The molecule has 0 radical (unpaired) electrons. The highest BCUT2D eigenvalue weighted by Gasteiger charge is 2.17. The van der Waals surface area contributed by atoms with Gasteiger partial charge in [0.2, 0.25) is 0 Å². The van der Waals surface area contributed by atoms with E-state index in [2.05, 4.69) is 29.5 Å². The second-order valence-electron chi connectivity index (χ2n) is 3.17. The molecule has 0 heterocycles. The van der Waals surface area contributed by atoms with Gasteiger partial charge in [-0.25, -0.2) is 20.3 Å². The number of hydrogen-bond donors (Lipinski definition) is 4. The molecule has 1 atom stereocenters. The molecule has 6 N–H and O–H groups in total. The monoisotopic (exact) mass is 293 g/mol. The Bertz CT molecular complexity index is 350. The molecule has 0 fully saturated rings. The van der Waals surface area contributed by atoms with E-state index in [-0.39, 0.29) is 19.8 Å². The van der Waals surface area contributed by atoms with E-state index in [1.165, 1.54) is 0 Å². The van der Waals surface area contributed by atoms with Gasteiger partial charge in [-0.2, -0.15) is 5.53 Å². The van der Waals surface area contributed by atoms with Crippen molar-refractivity contribution in [3.8, 4) is 0 Å². The van der Waals surface area contributed by atoms with Crippen molar-refractivity contribution in [1.29, 1.82) is 5.53 Å². The first-order chi connectivity index (χ1) is 9.49. The molecule has 1 unspecified atom stereocenters. The Hall–Kier alpha value is -2.47. The lowest BCUT2D eigenvalue weighted by Crippen LogP contribution is -2.43. The van der Waals surface area contributed by atoms with Crippen LogP contribution in [0.1, 0.15) is 0 Å². The first-order valence-corrected chi connectivity index (χ1v) is 5.21. The van der Waals surface area contributed by atoms with Gasteiger partial charge in [0.25, 0.3) is 0 Å². The Morgan fingerprint density at radius 3 is 2.35 bits per heavy atom. The van der Waals surface area contributed by atoms with Gasteiger partial charge >= 0.3 is 18.3 Å². The highest BCUT2D eigenvalue weighted by molar-refractivity contribution is 5.69. The van der Waals surface area contributed by atoms with Gasteiger partial charge in [-0.05, 0) is 0 Å². The molecule has 12 heteroatoms. The topological polar surface area (TPSA) is 188 Å². The fourth-order valence-corrected chi connectivity index (χ4v) is 0.909. The van der Waals surface area contributed by atoms with Gasteiger partial charge in [0, 0.05) is 0 Å². The number of alkyl carbamates (subject to hydrolysis) is 1. The molecule has 0 aromatic carbocycles. The summed E-state index contributed by atoms with van der Waals surface area (Å²) in [5.74, 6) is 4.72. The highest BCUT2D eigenvalue weighted by atomic mass is 16.6. The average Bonchev–Trinajstić information content (AvgIpc) is 2.41. The zero-order chi connectivity index (χ0) is 15.4. The minimum absolute atomic E-state index is 0.0113. The van der Waals surface area contributed by atoms with Crippen LogP contribution in [0.25, 0.3) is 0 Å². The van der Waals surface area contributed by atoms with Gasteiger partial charge in [0.05, 0.1) is 0 Å². The van der Waals surface area contributed by atoms with Crippen molar-refractivity contribution in [2.45, 2.75) is 6.04 Å². The number of rotatable bonds is 8. The maximum Gasteiger partial charge on any atom is 0.451 e. The average molecular weight is 293 g/mol. The summed E-state index contributed by atoms with van der Waals surface area (Å²) in [6.45, 7) is -0.865. The first kappa shape index (κ1) is 17.5. The quantitative estimate of drug-likeness (QED) is 0.194. The Labute approximate surface area is 113 Å². The lowest BCUT2D eigenvalue weighted by molar-refractivity contribution is 0.0648. The third-order valence-electron chi connectivity index (χ3n) is 1.68. The standard InChI is InChI=1S/C8H15N5O7/c9-6(14)18-3-5(4-19-8(16)13-10)12-7(15)17-1-2-20-11/h5,10H,1-4,11H2,(H2,9,14)(H,12,15). The number of nitrogens with two attached hydrogens (primary N) is 2. The normalized spacial score (nSPS) is 11.1. The van der Waals surface area contributed by atoms with Crippen LogP contribution in [0.5, 0.6) is 0 Å². The van der Waals surface area contributed by atoms with E-state index < -0.39 is 30.9 Å². The fourth-order valence-electron chi connectivity index (χ4n) is 0.909. The van der Waals surface area contributed by atoms with Gasteiger partial charge in [0.1, 0.15) is 32.5 Å². The van der Waals surface area contributed by atoms with Crippen LogP contribution in [0, 0.1) is 5.53 Å². The summed E-state index contributed by atoms with van der Waals surface area (Å²) in [6.07, 6.45) is -3.11. The minimum Gasteiger partial charge on any atom is -0.447 e. The van der Waals surface area contributed by atoms with Crippen LogP contribution >= 0.6 is 0 Å². The van der Waals surface area contributed by atoms with Crippen LogP contribution < -0.4 is 16.9 Å². The predicted octanol–water partition coefficient (Wildman–Crippen LogP) is -0.766. The van der Waals surface area contributed by atoms with E-state index >= 15 is 0 Å². The highest BCUT2D eigenvalue weighted by Crippen LogP contribution is 1.93. The molecule has 20 heavy (non-hydrogen) atoms. The second kappa shape index (κ2) is 10.5. The second-order valence-corrected chi connectivity index (χ2v) is 3.17. The van der Waals surface area contributed by atoms with Crippen molar-refractivity contribution in [3.63, 3.8) is 0 Å². The Morgan fingerprint density at radius 2 is 1.80 bits per heavy atom. The minimum atomic E-state index is -1.17. The van der Waals surface area contributed by atoms with Crippen molar-refractivity contribution in [2.24, 2.45) is 16.7 Å². The first-order valence-electron chi connectivity index (χ1n) is 5.21. The van der Waals surface area contributed by atoms with E-state index in [1.807, 2.05) is 0 Å². The maximum atomic E-state index is 11.3. The summed E-state index contributed by atoms with van der Waals surface area (Å²) in [4.78, 5) is 36.6. The van der Waals surface area contributed by atoms with Crippen molar-refractivity contribution >= 4 is 18.3 Å². The SMILES string of the molecule is N=NC(=O)OCC(COC(N)=O)NC(=O)OCCON.